The zero-order valence-electron chi connectivity index (χ0n) is 15.5. The van der Waals surface area contributed by atoms with Crippen molar-refractivity contribution in [1.29, 1.82) is 0 Å². The van der Waals surface area contributed by atoms with Gasteiger partial charge in [-0.25, -0.2) is 0 Å². The van der Waals surface area contributed by atoms with Crippen LogP contribution in [0.5, 0.6) is 11.5 Å². The molecule has 0 saturated carbocycles. The van der Waals surface area contributed by atoms with E-state index in [1.54, 1.807) is 7.11 Å². The highest BCUT2D eigenvalue weighted by Gasteiger charge is 2.06. The largest absolute Gasteiger partial charge is 0.493 e. The van der Waals surface area contributed by atoms with Crippen LogP contribution in [0.2, 0.25) is 0 Å². The summed E-state index contributed by atoms with van der Waals surface area (Å²) in [5, 5.41) is 3.51. The smallest absolute Gasteiger partial charge is 0.161 e. The number of hydrogen-bond donors (Lipinski definition) is 1. The number of methoxy groups -OCH3 is 1. The summed E-state index contributed by atoms with van der Waals surface area (Å²) in [7, 11) is 1.70. The first kappa shape index (κ1) is 19.8. The maximum absolute atomic E-state index is 5.83. The molecule has 0 unspecified atom stereocenters. The van der Waals surface area contributed by atoms with E-state index in [-0.39, 0.29) is 0 Å². The molecule has 0 atom stereocenters. The van der Waals surface area contributed by atoms with E-state index in [0.29, 0.717) is 5.92 Å². The Hall–Kier alpha value is -1.22. The lowest BCUT2D eigenvalue weighted by Crippen LogP contribution is -2.14. The quantitative estimate of drug-likeness (QED) is 0.508. The maximum atomic E-state index is 5.83. The molecule has 0 fully saturated rings. The van der Waals surface area contributed by atoms with Gasteiger partial charge in [-0.2, -0.15) is 0 Å². The van der Waals surface area contributed by atoms with Crippen LogP contribution in [0.4, 0.5) is 0 Å². The van der Waals surface area contributed by atoms with Crippen LogP contribution in [-0.4, -0.2) is 20.3 Å². The summed E-state index contributed by atoms with van der Waals surface area (Å²) >= 11 is 0. The summed E-state index contributed by atoms with van der Waals surface area (Å²) in [6.45, 7) is 9.37. The Bertz CT molecular complexity index is 418. The Morgan fingerprint density at radius 1 is 1.04 bits per heavy atom. The fourth-order valence-corrected chi connectivity index (χ4v) is 2.43. The van der Waals surface area contributed by atoms with Crippen molar-refractivity contribution < 1.29 is 9.47 Å². The molecule has 1 aromatic rings. The van der Waals surface area contributed by atoms with E-state index in [1.807, 2.05) is 6.07 Å². The molecule has 132 valence electrons. The molecule has 0 saturated heterocycles. The van der Waals surface area contributed by atoms with Gasteiger partial charge in [-0.1, -0.05) is 52.5 Å². The fourth-order valence-electron chi connectivity index (χ4n) is 2.43. The van der Waals surface area contributed by atoms with Crippen LogP contribution in [0.15, 0.2) is 18.2 Å². The normalized spacial score (nSPS) is 11.0. The summed E-state index contributed by atoms with van der Waals surface area (Å²) < 4.78 is 11.3. The maximum Gasteiger partial charge on any atom is 0.161 e. The van der Waals surface area contributed by atoms with Crippen molar-refractivity contribution in [3.63, 3.8) is 0 Å². The highest BCUT2D eigenvalue weighted by Crippen LogP contribution is 2.28. The third kappa shape index (κ3) is 8.85. The second-order valence-corrected chi connectivity index (χ2v) is 6.61. The molecule has 1 aromatic carbocycles. The van der Waals surface area contributed by atoms with E-state index in [9.17, 15) is 0 Å². The number of unbranched alkanes of at least 4 members (excludes halogenated alkanes) is 4. The lowest BCUT2D eigenvalue weighted by atomic mass is 10.1. The SMILES string of the molecule is CCCCCCCNCc1ccc(OCCC(C)C)c(OC)c1. The number of rotatable bonds is 13. The number of ether oxygens (including phenoxy) is 2. The Morgan fingerprint density at radius 3 is 2.52 bits per heavy atom. The highest BCUT2D eigenvalue weighted by molar-refractivity contribution is 5.42. The molecule has 3 nitrogen and oxygen atoms in total. The van der Waals surface area contributed by atoms with Crippen LogP contribution in [0.25, 0.3) is 0 Å². The van der Waals surface area contributed by atoms with Gasteiger partial charge in [0.2, 0.25) is 0 Å². The molecular formula is C20H35NO2. The van der Waals surface area contributed by atoms with Crippen LogP contribution in [0.3, 0.4) is 0 Å². The van der Waals surface area contributed by atoms with Gasteiger partial charge < -0.3 is 14.8 Å². The number of hydrogen-bond acceptors (Lipinski definition) is 3. The summed E-state index contributed by atoms with van der Waals surface area (Å²) in [5.41, 5.74) is 1.24. The molecular weight excluding hydrogens is 286 g/mol. The van der Waals surface area contributed by atoms with Gasteiger partial charge in [0, 0.05) is 6.54 Å². The van der Waals surface area contributed by atoms with E-state index in [4.69, 9.17) is 9.47 Å². The van der Waals surface area contributed by atoms with Gasteiger partial charge in [0.1, 0.15) is 0 Å². The summed E-state index contributed by atoms with van der Waals surface area (Å²) in [6, 6.07) is 6.23. The summed E-state index contributed by atoms with van der Waals surface area (Å²) in [6.07, 6.45) is 7.66. The molecule has 0 aliphatic rings. The van der Waals surface area contributed by atoms with E-state index in [2.05, 4.69) is 38.2 Å². The lowest BCUT2D eigenvalue weighted by molar-refractivity contribution is 0.273. The van der Waals surface area contributed by atoms with Gasteiger partial charge in [0.15, 0.2) is 11.5 Å². The standard InChI is InChI=1S/C20H35NO2/c1-5-6-7-8-9-13-21-16-18-10-11-19(20(15-18)22-4)23-14-12-17(2)3/h10-11,15,17,21H,5-9,12-14,16H2,1-4H3. The first-order chi connectivity index (χ1) is 11.2. The van der Waals surface area contributed by atoms with Gasteiger partial charge in [-0.05, 0) is 43.0 Å². The molecule has 1 rings (SSSR count). The van der Waals surface area contributed by atoms with Crippen molar-refractivity contribution in [3.8, 4) is 11.5 Å². The van der Waals surface area contributed by atoms with Crippen molar-refractivity contribution in [2.24, 2.45) is 5.92 Å². The van der Waals surface area contributed by atoms with Gasteiger partial charge in [0.25, 0.3) is 0 Å². The molecule has 0 heterocycles. The van der Waals surface area contributed by atoms with Gasteiger partial charge in [-0.3, -0.25) is 0 Å². The molecule has 0 aromatic heterocycles. The molecule has 0 aliphatic heterocycles. The highest BCUT2D eigenvalue weighted by atomic mass is 16.5. The van der Waals surface area contributed by atoms with Crippen molar-refractivity contribution in [3.05, 3.63) is 23.8 Å². The molecule has 0 spiro atoms. The van der Waals surface area contributed by atoms with Gasteiger partial charge in [0.05, 0.1) is 13.7 Å². The minimum absolute atomic E-state index is 0.654. The minimum Gasteiger partial charge on any atom is -0.493 e. The lowest BCUT2D eigenvalue weighted by Gasteiger charge is -2.13. The number of benzene rings is 1. The molecule has 0 bridgehead atoms. The van der Waals surface area contributed by atoms with Crippen LogP contribution in [0, 0.1) is 5.92 Å². The second kappa shape index (κ2) is 12.2. The Morgan fingerprint density at radius 2 is 1.83 bits per heavy atom. The van der Waals surface area contributed by atoms with E-state index >= 15 is 0 Å². The predicted molar refractivity (Wildman–Crippen MR) is 98.4 cm³/mol. The fraction of sp³-hybridized carbons (Fsp3) is 0.700. The molecule has 0 amide bonds. The Labute approximate surface area is 142 Å². The van der Waals surface area contributed by atoms with Crippen LogP contribution >= 0.6 is 0 Å². The van der Waals surface area contributed by atoms with E-state index in [1.165, 1.54) is 37.7 Å². The van der Waals surface area contributed by atoms with Gasteiger partial charge in [-0.15, -0.1) is 0 Å². The van der Waals surface area contributed by atoms with Crippen LogP contribution in [0.1, 0.15) is 64.9 Å². The third-order valence-electron chi connectivity index (χ3n) is 3.97. The van der Waals surface area contributed by atoms with Crippen molar-refractivity contribution >= 4 is 0 Å². The van der Waals surface area contributed by atoms with E-state index < -0.39 is 0 Å². The Balaban J connectivity index is 2.33. The summed E-state index contributed by atoms with van der Waals surface area (Å²) in [5.74, 6) is 2.33. The summed E-state index contributed by atoms with van der Waals surface area (Å²) in [4.78, 5) is 0. The molecule has 0 radical (unpaired) electrons. The second-order valence-electron chi connectivity index (χ2n) is 6.61. The van der Waals surface area contributed by atoms with Crippen LogP contribution in [-0.2, 0) is 6.54 Å². The van der Waals surface area contributed by atoms with Crippen molar-refractivity contribution in [2.45, 2.75) is 65.8 Å². The zero-order valence-corrected chi connectivity index (χ0v) is 15.5. The molecule has 1 N–H and O–H groups in total. The third-order valence-corrected chi connectivity index (χ3v) is 3.97. The first-order valence-electron chi connectivity index (χ1n) is 9.17. The predicted octanol–water partition coefficient (Wildman–Crippen LogP) is 5.18. The van der Waals surface area contributed by atoms with Crippen molar-refractivity contribution in [2.75, 3.05) is 20.3 Å². The first-order valence-corrected chi connectivity index (χ1v) is 9.17. The van der Waals surface area contributed by atoms with Gasteiger partial charge >= 0.3 is 0 Å². The van der Waals surface area contributed by atoms with Crippen molar-refractivity contribution in [1.82, 2.24) is 5.32 Å². The van der Waals surface area contributed by atoms with E-state index in [0.717, 1.165) is 37.6 Å². The monoisotopic (exact) mass is 321 g/mol. The molecule has 0 aliphatic carbocycles. The molecule has 23 heavy (non-hydrogen) atoms. The zero-order chi connectivity index (χ0) is 16.9. The average Bonchev–Trinajstić information content (AvgIpc) is 2.54. The Kier molecular flexibility index (Phi) is 10.5. The van der Waals surface area contributed by atoms with Crippen LogP contribution < -0.4 is 14.8 Å². The topological polar surface area (TPSA) is 30.5 Å². The number of nitrogens with one attached hydrogen (secondary N) is 1. The molecule has 3 heteroatoms. The minimum atomic E-state index is 0.654. The average molecular weight is 322 g/mol.